The molecule has 3 heteroatoms. The molecule has 0 fully saturated rings. The van der Waals surface area contributed by atoms with Gasteiger partial charge in [-0.3, -0.25) is 0 Å². The summed E-state index contributed by atoms with van der Waals surface area (Å²) in [6.45, 7) is 4.24. The van der Waals surface area contributed by atoms with Crippen LogP contribution in [-0.2, 0) is 14.3 Å². The standard InChI is InChI=1S/C13H22O3/c1-4-6-7-8-12-11(13(14)15-3)9-10(5-2)16-12/h10H,4-9H2,1-3H3. The van der Waals surface area contributed by atoms with E-state index in [-0.39, 0.29) is 12.1 Å². The fourth-order valence-electron chi connectivity index (χ4n) is 1.95. The van der Waals surface area contributed by atoms with E-state index in [0.717, 1.165) is 30.6 Å². The molecule has 1 heterocycles. The van der Waals surface area contributed by atoms with Gasteiger partial charge in [-0.05, 0) is 12.8 Å². The minimum Gasteiger partial charge on any atom is -0.494 e. The molecule has 0 bridgehead atoms. The molecule has 0 radical (unpaired) electrons. The number of methoxy groups -OCH3 is 1. The normalized spacial score (nSPS) is 19.8. The lowest BCUT2D eigenvalue weighted by Gasteiger charge is -2.10. The smallest absolute Gasteiger partial charge is 0.337 e. The highest BCUT2D eigenvalue weighted by atomic mass is 16.5. The van der Waals surface area contributed by atoms with Gasteiger partial charge in [0.25, 0.3) is 0 Å². The van der Waals surface area contributed by atoms with E-state index in [4.69, 9.17) is 9.47 Å². The van der Waals surface area contributed by atoms with Gasteiger partial charge in [0, 0.05) is 12.8 Å². The average Bonchev–Trinajstić information content (AvgIpc) is 2.72. The van der Waals surface area contributed by atoms with Crippen molar-refractivity contribution in [3.8, 4) is 0 Å². The van der Waals surface area contributed by atoms with Gasteiger partial charge in [-0.2, -0.15) is 0 Å². The third-order valence-corrected chi connectivity index (χ3v) is 2.97. The van der Waals surface area contributed by atoms with Gasteiger partial charge in [0.1, 0.15) is 11.9 Å². The summed E-state index contributed by atoms with van der Waals surface area (Å²) in [5.41, 5.74) is 0.755. The molecule has 3 nitrogen and oxygen atoms in total. The Morgan fingerprint density at radius 3 is 2.75 bits per heavy atom. The molecule has 0 aliphatic carbocycles. The van der Waals surface area contributed by atoms with Crippen molar-refractivity contribution in [1.29, 1.82) is 0 Å². The first kappa shape index (κ1) is 13.1. The second-order valence-electron chi connectivity index (χ2n) is 4.20. The predicted octanol–water partition coefficient (Wildman–Crippen LogP) is 3.19. The Morgan fingerprint density at radius 1 is 1.44 bits per heavy atom. The summed E-state index contributed by atoms with van der Waals surface area (Å²) < 4.78 is 10.6. The number of unbranched alkanes of at least 4 members (excludes halogenated alkanes) is 2. The third-order valence-electron chi connectivity index (χ3n) is 2.97. The second kappa shape index (κ2) is 6.56. The monoisotopic (exact) mass is 226 g/mol. The molecule has 0 saturated carbocycles. The maximum atomic E-state index is 11.6. The lowest BCUT2D eigenvalue weighted by atomic mass is 10.1. The molecule has 16 heavy (non-hydrogen) atoms. The Labute approximate surface area is 97.8 Å². The van der Waals surface area contributed by atoms with Crippen LogP contribution in [0, 0.1) is 0 Å². The van der Waals surface area contributed by atoms with Crippen molar-refractivity contribution < 1.29 is 14.3 Å². The quantitative estimate of drug-likeness (QED) is 0.515. The van der Waals surface area contributed by atoms with Gasteiger partial charge in [-0.1, -0.05) is 26.7 Å². The van der Waals surface area contributed by atoms with Gasteiger partial charge in [-0.25, -0.2) is 4.79 Å². The summed E-state index contributed by atoms with van der Waals surface area (Å²) in [5.74, 6) is 0.648. The van der Waals surface area contributed by atoms with E-state index >= 15 is 0 Å². The van der Waals surface area contributed by atoms with Crippen molar-refractivity contribution in [3.05, 3.63) is 11.3 Å². The number of ether oxygens (including phenoxy) is 2. The summed E-state index contributed by atoms with van der Waals surface area (Å²) in [6.07, 6.45) is 6.14. The van der Waals surface area contributed by atoms with Crippen LogP contribution in [0.25, 0.3) is 0 Å². The predicted molar refractivity (Wildman–Crippen MR) is 63.0 cm³/mol. The van der Waals surface area contributed by atoms with Crippen LogP contribution in [0.15, 0.2) is 11.3 Å². The van der Waals surface area contributed by atoms with E-state index in [1.54, 1.807) is 0 Å². The topological polar surface area (TPSA) is 35.5 Å². The van der Waals surface area contributed by atoms with Crippen molar-refractivity contribution in [3.63, 3.8) is 0 Å². The van der Waals surface area contributed by atoms with Crippen molar-refractivity contribution >= 4 is 5.97 Å². The van der Waals surface area contributed by atoms with Gasteiger partial charge in [0.2, 0.25) is 0 Å². The van der Waals surface area contributed by atoms with Crippen LogP contribution in [0.4, 0.5) is 0 Å². The summed E-state index contributed by atoms with van der Waals surface area (Å²) in [4.78, 5) is 11.6. The SMILES string of the molecule is CCCCCC1=C(C(=O)OC)CC(CC)O1. The number of hydrogen-bond acceptors (Lipinski definition) is 3. The summed E-state index contributed by atoms with van der Waals surface area (Å²) >= 11 is 0. The van der Waals surface area contributed by atoms with Crippen LogP contribution in [0.1, 0.15) is 52.4 Å². The molecule has 0 N–H and O–H groups in total. The molecule has 0 aromatic rings. The number of hydrogen-bond donors (Lipinski definition) is 0. The summed E-state index contributed by atoms with van der Waals surface area (Å²) in [5, 5.41) is 0. The lowest BCUT2D eigenvalue weighted by molar-refractivity contribution is -0.136. The van der Waals surface area contributed by atoms with Crippen LogP contribution < -0.4 is 0 Å². The molecule has 0 spiro atoms. The molecule has 1 atom stereocenters. The number of rotatable bonds is 6. The average molecular weight is 226 g/mol. The van der Waals surface area contributed by atoms with Crippen LogP contribution in [0.5, 0.6) is 0 Å². The first-order valence-electron chi connectivity index (χ1n) is 6.19. The Morgan fingerprint density at radius 2 is 2.19 bits per heavy atom. The molecule has 1 aliphatic heterocycles. The summed E-state index contributed by atoms with van der Waals surface area (Å²) in [7, 11) is 1.43. The molecule has 1 unspecified atom stereocenters. The van der Waals surface area contributed by atoms with Gasteiger partial charge in [-0.15, -0.1) is 0 Å². The first-order chi connectivity index (χ1) is 7.72. The first-order valence-corrected chi connectivity index (χ1v) is 6.19. The third kappa shape index (κ3) is 3.26. The lowest BCUT2D eigenvalue weighted by Crippen LogP contribution is -2.07. The van der Waals surface area contributed by atoms with E-state index in [1.807, 2.05) is 0 Å². The molecule has 0 aromatic heterocycles. The number of esters is 1. The summed E-state index contributed by atoms with van der Waals surface area (Å²) in [6, 6.07) is 0. The van der Waals surface area contributed by atoms with E-state index in [2.05, 4.69) is 13.8 Å². The number of carbonyl (C=O) groups excluding carboxylic acids is 1. The van der Waals surface area contributed by atoms with E-state index in [0.29, 0.717) is 6.42 Å². The minimum absolute atomic E-state index is 0.172. The highest BCUT2D eigenvalue weighted by Gasteiger charge is 2.29. The molecular formula is C13H22O3. The van der Waals surface area contributed by atoms with Gasteiger partial charge in [0.05, 0.1) is 12.7 Å². The largest absolute Gasteiger partial charge is 0.494 e. The van der Waals surface area contributed by atoms with Gasteiger partial charge in [0.15, 0.2) is 0 Å². The maximum Gasteiger partial charge on any atom is 0.337 e. The minimum atomic E-state index is -0.220. The van der Waals surface area contributed by atoms with E-state index in [1.165, 1.54) is 20.0 Å². The van der Waals surface area contributed by atoms with Gasteiger partial charge >= 0.3 is 5.97 Å². The van der Waals surface area contributed by atoms with E-state index < -0.39 is 0 Å². The fourth-order valence-corrected chi connectivity index (χ4v) is 1.95. The van der Waals surface area contributed by atoms with Gasteiger partial charge < -0.3 is 9.47 Å². The second-order valence-corrected chi connectivity index (χ2v) is 4.20. The molecule has 1 aliphatic rings. The van der Waals surface area contributed by atoms with Crippen LogP contribution in [-0.4, -0.2) is 19.2 Å². The van der Waals surface area contributed by atoms with E-state index in [9.17, 15) is 4.79 Å². The Kier molecular flexibility index (Phi) is 5.36. The zero-order valence-corrected chi connectivity index (χ0v) is 10.5. The Balaban J connectivity index is 2.61. The van der Waals surface area contributed by atoms with Crippen molar-refractivity contribution in [2.45, 2.75) is 58.5 Å². The zero-order chi connectivity index (χ0) is 12.0. The highest BCUT2D eigenvalue weighted by molar-refractivity contribution is 5.89. The van der Waals surface area contributed by atoms with Crippen LogP contribution in [0.2, 0.25) is 0 Å². The molecule has 0 saturated heterocycles. The molecule has 92 valence electrons. The zero-order valence-electron chi connectivity index (χ0n) is 10.5. The fraction of sp³-hybridized carbons (Fsp3) is 0.769. The number of carbonyl (C=O) groups is 1. The Bertz CT molecular complexity index is 268. The Hall–Kier alpha value is -0.990. The van der Waals surface area contributed by atoms with Crippen molar-refractivity contribution in [2.24, 2.45) is 0 Å². The highest BCUT2D eigenvalue weighted by Crippen LogP contribution is 2.30. The maximum absolute atomic E-state index is 11.6. The van der Waals surface area contributed by atoms with Crippen molar-refractivity contribution in [1.82, 2.24) is 0 Å². The molecule has 0 amide bonds. The molecular weight excluding hydrogens is 204 g/mol. The van der Waals surface area contributed by atoms with Crippen molar-refractivity contribution in [2.75, 3.05) is 7.11 Å². The molecule has 1 rings (SSSR count). The number of allylic oxidation sites excluding steroid dienone is 1. The van der Waals surface area contributed by atoms with Crippen LogP contribution in [0.3, 0.4) is 0 Å². The van der Waals surface area contributed by atoms with Crippen LogP contribution >= 0.6 is 0 Å². The molecule has 0 aromatic carbocycles.